The Morgan fingerprint density at radius 1 is 1.08 bits per heavy atom. The van der Waals surface area contributed by atoms with E-state index in [1.807, 2.05) is 67.7 Å². The fourth-order valence-electron chi connectivity index (χ4n) is 4.45. The number of carbonyl (C=O) groups excluding carboxylic acids is 2. The number of hydrogen-bond donors (Lipinski definition) is 2. The molecule has 0 saturated carbocycles. The van der Waals surface area contributed by atoms with Crippen LogP contribution in [-0.2, 0) is 16.0 Å². The number of nitrogens with one attached hydrogen (secondary N) is 2. The van der Waals surface area contributed by atoms with Crippen LogP contribution in [0.5, 0.6) is 11.5 Å². The summed E-state index contributed by atoms with van der Waals surface area (Å²) in [6, 6.07) is 21.3. The van der Waals surface area contributed by atoms with Crippen molar-refractivity contribution >= 4 is 34.1 Å². The van der Waals surface area contributed by atoms with Crippen LogP contribution in [0.15, 0.2) is 72.9 Å². The second-order valence-corrected chi connectivity index (χ2v) is 8.92. The number of rotatable bonds is 9. The number of aromatic amines is 1. The Hall–Kier alpha value is -4.26. The summed E-state index contributed by atoms with van der Waals surface area (Å²) in [7, 11) is 0. The molecule has 0 fully saturated rings. The first-order chi connectivity index (χ1) is 17.6. The van der Waals surface area contributed by atoms with Gasteiger partial charge in [0.25, 0.3) is 5.91 Å². The molecule has 1 aliphatic heterocycles. The minimum absolute atomic E-state index is 0.0129. The summed E-state index contributed by atoms with van der Waals surface area (Å²) in [5.74, 6) is 1.31. The summed E-state index contributed by atoms with van der Waals surface area (Å²) >= 11 is 0. The van der Waals surface area contributed by atoms with Gasteiger partial charge in [0.2, 0.25) is 5.91 Å². The Morgan fingerprint density at radius 2 is 1.92 bits per heavy atom. The van der Waals surface area contributed by atoms with Crippen LogP contribution in [0.3, 0.4) is 0 Å². The number of anilines is 2. The average Bonchev–Trinajstić information content (AvgIpc) is 3.28. The molecule has 36 heavy (non-hydrogen) atoms. The Bertz CT molecular complexity index is 1390. The Balaban J connectivity index is 1.20. The van der Waals surface area contributed by atoms with Gasteiger partial charge in [0.15, 0.2) is 6.61 Å². The predicted molar refractivity (Wildman–Crippen MR) is 141 cm³/mol. The van der Waals surface area contributed by atoms with Gasteiger partial charge in [-0.05, 0) is 61.2 Å². The van der Waals surface area contributed by atoms with Crippen LogP contribution in [0.1, 0.15) is 24.0 Å². The quantitative estimate of drug-likeness (QED) is 0.319. The summed E-state index contributed by atoms with van der Waals surface area (Å²) in [5, 5.41) is 4.00. The summed E-state index contributed by atoms with van der Waals surface area (Å²) in [5.41, 5.74) is 4.36. The van der Waals surface area contributed by atoms with Crippen LogP contribution < -0.4 is 19.7 Å². The smallest absolute Gasteiger partial charge is 0.265 e. The lowest BCUT2D eigenvalue weighted by atomic mass is 10.1. The molecule has 0 atom stereocenters. The second-order valence-electron chi connectivity index (χ2n) is 8.92. The van der Waals surface area contributed by atoms with Crippen molar-refractivity contribution in [1.29, 1.82) is 0 Å². The van der Waals surface area contributed by atoms with E-state index in [-0.39, 0.29) is 24.8 Å². The minimum atomic E-state index is -0.123. The lowest BCUT2D eigenvalue weighted by molar-refractivity contribution is -0.121. The largest absolute Gasteiger partial charge is 0.493 e. The van der Waals surface area contributed by atoms with Gasteiger partial charge in [0.05, 0.1) is 18.7 Å². The van der Waals surface area contributed by atoms with Crippen molar-refractivity contribution in [3.05, 3.63) is 84.1 Å². The molecule has 0 bridgehead atoms. The maximum atomic E-state index is 12.8. The number of carbonyl (C=O) groups is 2. The van der Waals surface area contributed by atoms with Crippen LogP contribution >= 0.6 is 0 Å². The van der Waals surface area contributed by atoms with Crippen molar-refractivity contribution in [1.82, 2.24) is 4.98 Å². The van der Waals surface area contributed by atoms with E-state index in [0.717, 1.165) is 40.6 Å². The maximum Gasteiger partial charge on any atom is 0.265 e. The molecule has 184 valence electrons. The van der Waals surface area contributed by atoms with Crippen molar-refractivity contribution < 1.29 is 19.1 Å². The minimum Gasteiger partial charge on any atom is -0.493 e. The molecule has 0 radical (unpaired) electrons. The average molecular weight is 484 g/mol. The van der Waals surface area contributed by atoms with Gasteiger partial charge in [-0.25, -0.2) is 0 Å². The van der Waals surface area contributed by atoms with Gasteiger partial charge in [-0.1, -0.05) is 36.4 Å². The van der Waals surface area contributed by atoms with Gasteiger partial charge in [-0.3, -0.25) is 9.59 Å². The first-order valence-electron chi connectivity index (χ1n) is 12.2. The third-order valence-corrected chi connectivity index (χ3v) is 6.34. The van der Waals surface area contributed by atoms with Crippen LogP contribution in [-0.4, -0.2) is 36.6 Å². The number of benzene rings is 3. The number of fused-ring (bicyclic) bond motifs is 2. The Labute approximate surface area is 210 Å². The highest BCUT2D eigenvalue weighted by Gasteiger charge is 2.25. The normalized spacial score (nSPS) is 12.8. The van der Waals surface area contributed by atoms with Crippen LogP contribution in [0, 0.1) is 6.92 Å². The second kappa shape index (κ2) is 10.6. The highest BCUT2D eigenvalue weighted by molar-refractivity contribution is 6.00. The zero-order valence-corrected chi connectivity index (χ0v) is 20.3. The zero-order valence-electron chi connectivity index (χ0n) is 20.3. The van der Waals surface area contributed by atoms with E-state index in [2.05, 4.69) is 10.3 Å². The number of nitrogens with zero attached hydrogens (tertiary/aromatic N) is 1. The van der Waals surface area contributed by atoms with Crippen LogP contribution in [0.2, 0.25) is 0 Å². The first-order valence-corrected chi connectivity index (χ1v) is 12.2. The summed E-state index contributed by atoms with van der Waals surface area (Å²) in [4.78, 5) is 30.3. The molecule has 2 amide bonds. The number of ether oxygens (including phenoxy) is 2. The monoisotopic (exact) mass is 483 g/mol. The van der Waals surface area contributed by atoms with E-state index in [4.69, 9.17) is 9.47 Å². The van der Waals surface area contributed by atoms with Gasteiger partial charge >= 0.3 is 0 Å². The molecular formula is C29H29N3O4. The van der Waals surface area contributed by atoms with E-state index in [1.165, 1.54) is 0 Å². The molecule has 0 saturated heterocycles. The van der Waals surface area contributed by atoms with Gasteiger partial charge in [-0.2, -0.15) is 0 Å². The van der Waals surface area contributed by atoms with Crippen molar-refractivity contribution in [2.45, 2.75) is 26.2 Å². The molecule has 2 heterocycles. The molecule has 1 aromatic heterocycles. The molecule has 3 aromatic carbocycles. The maximum absolute atomic E-state index is 12.8. The van der Waals surface area contributed by atoms with Crippen molar-refractivity contribution in [3.8, 4) is 11.5 Å². The number of aromatic nitrogens is 1. The molecule has 0 unspecified atom stereocenters. The molecule has 7 nitrogen and oxygen atoms in total. The van der Waals surface area contributed by atoms with Gasteiger partial charge in [-0.15, -0.1) is 0 Å². The topological polar surface area (TPSA) is 83.7 Å². The summed E-state index contributed by atoms with van der Waals surface area (Å²) in [6.07, 6.45) is 3.72. The zero-order chi connectivity index (χ0) is 24.9. The molecule has 1 aliphatic rings. The highest BCUT2D eigenvalue weighted by Crippen LogP contribution is 2.35. The summed E-state index contributed by atoms with van der Waals surface area (Å²) in [6.45, 7) is 3.17. The van der Waals surface area contributed by atoms with E-state index in [9.17, 15) is 9.59 Å². The number of hydrogen-bond acceptors (Lipinski definition) is 4. The predicted octanol–water partition coefficient (Wildman–Crippen LogP) is 5.24. The van der Waals surface area contributed by atoms with Crippen LogP contribution in [0.25, 0.3) is 10.9 Å². The van der Waals surface area contributed by atoms with Gasteiger partial charge < -0.3 is 24.7 Å². The van der Waals surface area contributed by atoms with E-state index in [1.54, 1.807) is 17.0 Å². The molecule has 4 aromatic rings. The Kier molecular flexibility index (Phi) is 6.89. The Morgan fingerprint density at radius 3 is 2.81 bits per heavy atom. The van der Waals surface area contributed by atoms with E-state index < -0.39 is 0 Å². The molecule has 2 N–H and O–H groups in total. The number of para-hydroxylation sites is 2. The number of unbranched alkanes of at least 4 members (excludes halogenated alkanes) is 1. The van der Waals surface area contributed by atoms with E-state index >= 15 is 0 Å². The van der Waals surface area contributed by atoms with Crippen LogP contribution in [0.4, 0.5) is 11.4 Å². The number of H-pyrrole nitrogens is 1. The van der Waals surface area contributed by atoms with E-state index in [0.29, 0.717) is 30.3 Å². The fraction of sp³-hybridized carbons (Fsp3) is 0.241. The first kappa shape index (κ1) is 23.5. The standard InChI is InChI=1S/C29H29N3O4/c1-20-8-2-5-11-26(20)35-15-7-6-14-32-25-17-22(12-13-27(25)36-19-29(32)34)31-28(33)16-21-18-30-24-10-4-3-9-23(21)24/h2-5,8-13,17-18,30H,6-7,14-16,19H2,1H3,(H,31,33). The third-order valence-electron chi connectivity index (χ3n) is 6.34. The van der Waals surface area contributed by atoms with Crippen molar-refractivity contribution in [3.63, 3.8) is 0 Å². The highest BCUT2D eigenvalue weighted by atomic mass is 16.5. The molecule has 0 aliphatic carbocycles. The fourth-order valence-corrected chi connectivity index (χ4v) is 4.45. The van der Waals surface area contributed by atoms with Crippen molar-refractivity contribution in [2.24, 2.45) is 0 Å². The van der Waals surface area contributed by atoms with Crippen molar-refractivity contribution in [2.75, 3.05) is 30.0 Å². The lowest BCUT2D eigenvalue weighted by Gasteiger charge is -2.30. The molecule has 7 heteroatoms. The van der Waals surface area contributed by atoms with Gasteiger partial charge in [0.1, 0.15) is 11.5 Å². The molecule has 0 spiro atoms. The summed E-state index contributed by atoms with van der Waals surface area (Å²) < 4.78 is 11.5. The third kappa shape index (κ3) is 5.20. The lowest BCUT2D eigenvalue weighted by Crippen LogP contribution is -2.39. The molecule has 5 rings (SSSR count). The molecular weight excluding hydrogens is 454 g/mol. The SMILES string of the molecule is Cc1ccccc1OCCCCN1C(=O)COc2ccc(NC(=O)Cc3c[nH]c4ccccc34)cc21. The van der Waals surface area contributed by atoms with Gasteiger partial charge in [0, 0.05) is 29.3 Å². The number of aryl methyl sites for hydroxylation is 1. The number of amides is 2.